The maximum absolute atomic E-state index is 14.3. The van der Waals surface area contributed by atoms with Crippen LogP contribution < -0.4 is 5.32 Å². The van der Waals surface area contributed by atoms with E-state index in [-0.39, 0.29) is 36.3 Å². The van der Waals surface area contributed by atoms with Crippen molar-refractivity contribution in [2.75, 3.05) is 6.54 Å². The molecule has 15 heteroatoms. The van der Waals surface area contributed by atoms with Crippen LogP contribution in [-0.4, -0.2) is 38.8 Å². The zero-order valence-electron chi connectivity index (χ0n) is 20.9. The number of nitrogens with one attached hydrogen (secondary N) is 2. The fourth-order valence-corrected chi connectivity index (χ4v) is 4.33. The van der Waals surface area contributed by atoms with E-state index in [0.29, 0.717) is 23.5 Å². The molecule has 0 radical (unpaired) electrons. The molecule has 0 saturated carbocycles. The molecule has 1 aliphatic heterocycles. The van der Waals surface area contributed by atoms with Gasteiger partial charge < -0.3 is 14.8 Å². The fourth-order valence-electron chi connectivity index (χ4n) is 4.33. The standard InChI is InChI=1S/C26H19F7N6O2/c1-2-34-24(40)22(39-12-20-19(11-35-39)36-23(37-20)15-5-3-4-6-17(15)27)21-10-18(38-41-21)14-8-7-13(25(28,29)30)9-16(14)26(31,32)33/h3-11,22H,2,12H2,1H3,(H,34,40)(H,36,37). The first-order chi connectivity index (χ1) is 19.4. The van der Waals surface area contributed by atoms with E-state index in [2.05, 4.69) is 25.5 Å². The van der Waals surface area contributed by atoms with Crippen LogP contribution in [0.4, 0.5) is 30.7 Å². The van der Waals surface area contributed by atoms with E-state index in [4.69, 9.17) is 4.52 Å². The van der Waals surface area contributed by atoms with Crippen LogP contribution in [0.1, 0.15) is 41.2 Å². The number of amides is 1. The Morgan fingerprint density at radius 2 is 1.83 bits per heavy atom. The summed E-state index contributed by atoms with van der Waals surface area (Å²) in [5.41, 5.74) is -3.09. The lowest BCUT2D eigenvalue weighted by Gasteiger charge is -2.27. The van der Waals surface area contributed by atoms with Crippen molar-refractivity contribution in [2.24, 2.45) is 5.10 Å². The van der Waals surface area contributed by atoms with Gasteiger partial charge in [-0.05, 0) is 31.2 Å². The summed E-state index contributed by atoms with van der Waals surface area (Å²) in [5.74, 6) is -1.13. The monoisotopic (exact) mass is 580 g/mol. The molecule has 8 nitrogen and oxygen atoms in total. The van der Waals surface area contributed by atoms with Gasteiger partial charge in [0.05, 0.1) is 35.1 Å². The third-order valence-corrected chi connectivity index (χ3v) is 6.21. The number of nitrogens with zero attached hydrogens (tertiary/aromatic N) is 4. The molecule has 0 aliphatic carbocycles. The Kier molecular flexibility index (Phi) is 7.05. The van der Waals surface area contributed by atoms with Gasteiger partial charge in [-0.1, -0.05) is 23.4 Å². The van der Waals surface area contributed by atoms with Crippen molar-refractivity contribution in [3.63, 3.8) is 0 Å². The van der Waals surface area contributed by atoms with E-state index in [1.165, 1.54) is 29.4 Å². The molecule has 0 spiro atoms. The number of fused-ring (bicyclic) bond motifs is 1. The lowest BCUT2D eigenvalue weighted by atomic mass is 10.00. The van der Waals surface area contributed by atoms with E-state index in [0.717, 1.165) is 6.07 Å². The minimum Gasteiger partial charge on any atom is -0.358 e. The van der Waals surface area contributed by atoms with Crippen molar-refractivity contribution in [3.05, 3.63) is 82.6 Å². The van der Waals surface area contributed by atoms with Gasteiger partial charge in [-0.2, -0.15) is 31.4 Å². The van der Waals surface area contributed by atoms with Gasteiger partial charge in [-0.3, -0.25) is 9.80 Å². The predicted molar refractivity (Wildman–Crippen MR) is 130 cm³/mol. The normalized spacial score (nSPS) is 14.2. The quantitative estimate of drug-likeness (QED) is 0.275. The van der Waals surface area contributed by atoms with Crippen LogP contribution in [0.2, 0.25) is 0 Å². The zero-order chi connectivity index (χ0) is 29.5. The number of aromatic amines is 1. The molecular weight excluding hydrogens is 561 g/mol. The molecule has 0 saturated heterocycles. The number of carbonyl (C=O) groups is 1. The highest BCUT2D eigenvalue weighted by Gasteiger charge is 2.40. The summed E-state index contributed by atoms with van der Waals surface area (Å²) in [6.45, 7) is 1.78. The lowest BCUT2D eigenvalue weighted by Crippen LogP contribution is -2.39. The van der Waals surface area contributed by atoms with Crippen LogP contribution in [0.5, 0.6) is 0 Å². The molecule has 2 aromatic heterocycles. The van der Waals surface area contributed by atoms with Crippen molar-refractivity contribution in [3.8, 4) is 22.6 Å². The number of hydrazone groups is 1. The summed E-state index contributed by atoms with van der Waals surface area (Å²) in [4.78, 5) is 20.4. The summed E-state index contributed by atoms with van der Waals surface area (Å²) in [6, 6.07) is 6.81. The first kappa shape index (κ1) is 27.9. The maximum atomic E-state index is 14.3. The number of benzene rings is 2. The highest BCUT2D eigenvalue weighted by molar-refractivity contribution is 5.85. The molecule has 3 heterocycles. The Bertz CT molecular complexity index is 1620. The third kappa shape index (κ3) is 5.51. The van der Waals surface area contributed by atoms with Crippen LogP contribution >= 0.6 is 0 Å². The van der Waals surface area contributed by atoms with Crippen molar-refractivity contribution in [2.45, 2.75) is 31.9 Å². The van der Waals surface area contributed by atoms with Crippen LogP contribution in [0, 0.1) is 5.82 Å². The number of aromatic nitrogens is 3. The first-order valence-electron chi connectivity index (χ1n) is 12.0. The van der Waals surface area contributed by atoms with E-state index in [1.54, 1.807) is 13.0 Å². The smallest absolute Gasteiger partial charge is 0.358 e. The molecule has 2 N–H and O–H groups in total. The second kappa shape index (κ2) is 10.4. The molecule has 2 aromatic carbocycles. The third-order valence-electron chi connectivity index (χ3n) is 6.21. The Labute approximate surface area is 226 Å². The molecule has 1 amide bonds. The van der Waals surface area contributed by atoms with Crippen LogP contribution in [0.25, 0.3) is 22.6 Å². The molecule has 1 atom stereocenters. The number of hydrogen-bond donors (Lipinski definition) is 2. The zero-order valence-corrected chi connectivity index (χ0v) is 20.9. The molecule has 5 rings (SSSR count). The van der Waals surface area contributed by atoms with Crippen molar-refractivity contribution in [1.29, 1.82) is 0 Å². The molecular formula is C26H19F7N6O2. The highest BCUT2D eigenvalue weighted by Crippen LogP contribution is 2.41. The number of rotatable bonds is 6. The average Bonchev–Trinajstić information content (AvgIpc) is 3.55. The van der Waals surface area contributed by atoms with Gasteiger partial charge >= 0.3 is 12.4 Å². The Morgan fingerprint density at radius 1 is 1.07 bits per heavy atom. The number of alkyl halides is 6. The molecule has 4 aromatic rings. The van der Waals surface area contributed by atoms with Crippen LogP contribution in [0.15, 0.2) is 58.2 Å². The maximum Gasteiger partial charge on any atom is 0.417 e. The second-order valence-corrected chi connectivity index (χ2v) is 8.94. The number of halogens is 7. The van der Waals surface area contributed by atoms with E-state index in [1.807, 2.05) is 0 Å². The number of imidazole rings is 1. The molecule has 1 unspecified atom stereocenters. The summed E-state index contributed by atoms with van der Waals surface area (Å²) in [7, 11) is 0. The Hall–Kier alpha value is -4.69. The number of likely N-dealkylation sites (N-methyl/N-ethyl adjacent to an activating group) is 1. The van der Waals surface area contributed by atoms with Gasteiger partial charge in [0, 0.05) is 18.2 Å². The second-order valence-electron chi connectivity index (χ2n) is 8.94. The van der Waals surface area contributed by atoms with Crippen molar-refractivity contribution < 1.29 is 40.1 Å². The van der Waals surface area contributed by atoms with E-state index in [9.17, 15) is 35.5 Å². The first-order valence-corrected chi connectivity index (χ1v) is 12.0. The predicted octanol–water partition coefficient (Wildman–Crippen LogP) is 5.94. The van der Waals surface area contributed by atoms with Gasteiger partial charge in [-0.15, -0.1) is 0 Å². The summed E-state index contributed by atoms with van der Waals surface area (Å²) >= 11 is 0. The van der Waals surface area contributed by atoms with Crippen molar-refractivity contribution in [1.82, 2.24) is 25.5 Å². The Morgan fingerprint density at radius 3 is 2.51 bits per heavy atom. The van der Waals surface area contributed by atoms with Gasteiger partial charge in [0.2, 0.25) is 0 Å². The minimum atomic E-state index is -5.14. The largest absolute Gasteiger partial charge is 0.417 e. The number of H-pyrrole nitrogens is 1. The highest BCUT2D eigenvalue weighted by atomic mass is 19.4. The summed E-state index contributed by atoms with van der Waals surface area (Å²) in [6.07, 6.45) is -8.82. The number of hydrogen-bond acceptors (Lipinski definition) is 6. The van der Waals surface area contributed by atoms with Crippen LogP contribution in [0.3, 0.4) is 0 Å². The van der Waals surface area contributed by atoms with E-state index < -0.39 is 52.5 Å². The molecule has 0 bridgehead atoms. The summed E-state index contributed by atoms with van der Waals surface area (Å²) < 4.78 is 100. The molecule has 0 fully saturated rings. The number of carbonyl (C=O) groups excluding carboxylic acids is 1. The Balaban J connectivity index is 1.50. The van der Waals surface area contributed by atoms with Gasteiger partial charge in [0.15, 0.2) is 11.8 Å². The fraction of sp³-hybridized carbons (Fsp3) is 0.231. The molecule has 214 valence electrons. The van der Waals surface area contributed by atoms with Crippen LogP contribution in [-0.2, 0) is 23.7 Å². The SMILES string of the molecule is CCNC(=O)C(c1cc(-c2ccc(C(F)(F)F)cc2C(F)(F)F)no1)N1Cc2[nH]c(-c3ccccc3F)nc2C=N1. The minimum absolute atomic E-state index is 0.00713. The van der Waals surface area contributed by atoms with Gasteiger partial charge in [0.1, 0.15) is 23.0 Å². The van der Waals surface area contributed by atoms with Gasteiger partial charge in [-0.25, -0.2) is 9.37 Å². The molecule has 1 aliphatic rings. The summed E-state index contributed by atoms with van der Waals surface area (Å²) in [5, 5.41) is 11.7. The van der Waals surface area contributed by atoms with Gasteiger partial charge in [0.25, 0.3) is 5.91 Å². The molecule has 41 heavy (non-hydrogen) atoms. The van der Waals surface area contributed by atoms with Crippen molar-refractivity contribution >= 4 is 12.1 Å². The average molecular weight is 580 g/mol. The topological polar surface area (TPSA) is 99.4 Å². The lowest BCUT2D eigenvalue weighted by molar-refractivity contribution is -0.142. The van der Waals surface area contributed by atoms with E-state index >= 15 is 0 Å².